The van der Waals surface area contributed by atoms with Gasteiger partial charge in [0.15, 0.2) is 11.5 Å². The normalized spacial score (nSPS) is 10.7. The fraction of sp³-hybridized carbons (Fsp3) is 0.0714. The Morgan fingerprint density at radius 2 is 2.10 bits per heavy atom. The van der Waals surface area contributed by atoms with E-state index in [2.05, 4.69) is 31.1 Å². The van der Waals surface area contributed by atoms with Gasteiger partial charge in [-0.1, -0.05) is 33.2 Å². The van der Waals surface area contributed by atoms with Crippen LogP contribution in [0.4, 0.5) is 5.69 Å². The Kier molecular flexibility index (Phi) is 3.47. The zero-order chi connectivity index (χ0) is 13.9. The first-order chi connectivity index (χ1) is 9.72. The third-order valence-electron chi connectivity index (χ3n) is 2.76. The Hall–Kier alpha value is -2.21. The molecule has 2 heterocycles. The lowest BCUT2D eigenvalue weighted by atomic mass is 10.1. The molecule has 0 aliphatic carbocycles. The lowest BCUT2D eigenvalue weighted by Crippen LogP contribution is -1.94. The number of nitrogen functional groups attached to an aromatic ring is 1. The number of nitrogens with two attached hydrogens (primary N) is 1. The third kappa shape index (κ3) is 2.70. The summed E-state index contributed by atoms with van der Waals surface area (Å²) in [7, 11) is 0. The van der Waals surface area contributed by atoms with Crippen LogP contribution in [0, 0.1) is 0 Å². The molecule has 100 valence electrons. The number of pyridine rings is 1. The van der Waals surface area contributed by atoms with Gasteiger partial charge in [-0.15, -0.1) is 0 Å². The first-order valence-corrected chi connectivity index (χ1v) is 6.79. The van der Waals surface area contributed by atoms with Crippen molar-refractivity contribution in [3.8, 4) is 11.6 Å². The molecule has 0 fully saturated rings. The van der Waals surface area contributed by atoms with E-state index in [-0.39, 0.29) is 0 Å². The topological polar surface area (TPSA) is 77.8 Å². The fourth-order valence-electron chi connectivity index (χ4n) is 1.85. The predicted molar refractivity (Wildman–Crippen MR) is 78.9 cm³/mol. The van der Waals surface area contributed by atoms with E-state index >= 15 is 0 Å². The van der Waals surface area contributed by atoms with Crippen LogP contribution in [0.1, 0.15) is 11.4 Å². The van der Waals surface area contributed by atoms with Crippen molar-refractivity contribution in [3.63, 3.8) is 0 Å². The van der Waals surface area contributed by atoms with Gasteiger partial charge in [0.1, 0.15) is 0 Å². The number of nitrogens with zero attached hydrogens (tertiary/aromatic N) is 3. The molecule has 0 spiro atoms. The quantitative estimate of drug-likeness (QED) is 0.798. The maximum atomic E-state index is 5.84. The number of anilines is 1. The highest BCUT2D eigenvalue weighted by atomic mass is 79.9. The molecule has 0 amide bonds. The first-order valence-electron chi connectivity index (χ1n) is 6.00. The van der Waals surface area contributed by atoms with Crippen LogP contribution in [-0.2, 0) is 6.42 Å². The van der Waals surface area contributed by atoms with Crippen LogP contribution in [0.3, 0.4) is 0 Å². The number of halogens is 1. The molecule has 0 bridgehead atoms. The molecule has 3 aromatic rings. The second-order valence-electron chi connectivity index (χ2n) is 4.26. The maximum Gasteiger partial charge on any atom is 0.278 e. The Morgan fingerprint density at radius 1 is 1.20 bits per heavy atom. The predicted octanol–water partition coefficient (Wildman–Crippen LogP) is 3.07. The van der Waals surface area contributed by atoms with Crippen molar-refractivity contribution >= 4 is 21.6 Å². The molecule has 2 N–H and O–H groups in total. The lowest BCUT2D eigenvalue weighted by molar-refractivity contribution is 0.423. The van der Waals surface area contributed by atoms with Gasteiger partial charge in [-0.25, -0.2) is 4.98 Å². The van der Waals surface area contributed by atoms with Crippen LogP contribution in [0.2, 0.25) is 0 Å². The molecule has 0 aliphatic rings. The molecule has 0 saturated heterocycles. The molecule has 6 heteroatoms. The van der Waals surface area contributed by atoms with Crippen LogP contribution in [0.25, 0.3) is 11.6 Å². The van der Waals surface area contributed by atoms with Gasteiger partial charge < -0.3 is 10.3 Å². The number of aromatic nitrogens is 3. The summed E-state index contributed by atoms with van der Waals surface area (Å²) in [5.74, 6) is 0.941. The van der Waals surface area contributed by atoms with Crippen molar-refractivity contribution < 1.29 is 4.52 Å². The van der Waals surface area contributed by atoms with E-state index in [0.717, 1.165) is 10.0 Å². The average molecular weight is 331 g/mol. The number of rotatable bonds is 3. The van der Waals surface area contributed by atoms with E-state index in [1.54, 1.807) is 18.3 Å². The lowest BCUT2D eigenvalue weighted by Gasteiger charge is -1.97. The van der Waals surface area contributed by atoms with Crippen molar-refractivity contribution in [2.75, 3.05) is 5.73 Å². The number of benzene rings is 1. The molecule has 3 rings (SSSR count). The Bertz CT molecular complexity index is 741. The molecule has 0 aliphatic heterocycles. The van der Waals surface area contributed by atoms with Crippen molar-refractivity contribution in [3.05, 3.63) is 58.5 Å². The van der Waals surface area contributed by atoms with Gasteiger partial charge in [-0.05, 0) is 29.8 Å². The molecule has 0 unspecified atom stereocenters. The second kappa shape index (κ2) is 5.42. The largest absolute Gasteiger partial charge is 0.397 e. The second-order valence-corrected chi connectivity index (χ2v) is 5.18. The average Bonchev–Trinajstić information content (AvgIpc) is 2.87. The van der Waals surface area contributed by atoms with Crippen LogP contribution in [0.15, 0.2) is 51.6 Å². The summed E-state index contributed by atoms with van der Waals surface area (Å²) in [6.45, 7) is 0. The molecule has 2 aromatic heterocycles. The van der Waals surface area contributed by atoms with E-state index in [4.69, 9.17) is 10.3 Å². The van der Waals surface area contributed by atoms with E-state index in [1.165, 1.54) is 0 Å². The van der Waals surface area contributed by atoms with E-state index in [0.29, 0.717) is 29.5 Å². The fourth-order valence-corrected chi connectivity index (χ4v) is 2.29. The molecule has 0 radical (unpaired) electrons. The Labute approximate surface area is 124 Å². The smallest absolute Gasteiger partial charge is 0.278 e. The molecular weight excluding hydrogens is 320 g/mol. The number of hydrogen-bond donors (Lipinski definition) is 1. The summed E-state index contributed by atoms with van der Waals surface area (Å²) in [6.07, 6.45) is 2.24. The summed E-state index contributed by atoms with van der Waals surface area (Å²) in [6, 6.07) is 11.5. The molecule has 5 nitrogen and oxygen atoms in total. The summed E-state index contributed by atoms with van der Waals surface area (Å²) >= 11 is 3.44. The molecule has 1 aromatic carbocycles. The van der Waals surface area contributed by atoms with Gasteiger partial charge in [-0.3, -0.25) is 0 Å². The van der Waals surface area contributed by atoms with E-state index in [1.807, 2.05) is 24.3 Å². The minimum absolute atomic E-state index is 0.341. The van der Waals surface area contributed by atoms with Crippen molar-refractivity contribution in [2.24, 2.45) is 0 Å². The van der Waals surface area contributed by atoms with Crippen LogP contribution >= 0.6 is 15.9 Å². The van der Waals surface area contributed by atoms with Gasteiger partial charge in [0.25, 0.3) is 5.89 Å². The molecular formula is C14H11BrN4O. The van der Waals surface area contributed by atoms with Gasteiger partial charge in [-0.2, -0.15) is 4.98 Å². The highest BCUT2D eigenvalue weighted by Gasteiger charge is 2.13. The summed E-state index contributed by atoms with van der Waals surface area (Å²) in [5.41, 5.74) is 7.97. The maximum absolute atomic E-state index is 5.84. The highest BCUT2D eigenvalue weighted by Crippen LogP contribution is 2.21. The Morgan fingerprint density at radius 3 is 2.90 bits per heavy atom. The number of hydrogen-bond acceptors (Lipinski definition) is 5. The Balaban J connectivity index is 1.86. The minimum Gasteiger partial charge on any atom is -0.397 e. The molecule has 20 heavy (non-hydrogen) atoms. The monoisotopic (exact) mass is 330 g/mol. The van der Waals surface area contributed by atoms with E-state index in [9.17, 15) is 0 Å². The summed E-state index contributed by atoms with van der Waals surface area (Å²) in [5, 5.41) is 3.96. The standard InChI is InChI=1S/C14H11BrN4O/c15-10-4-1-3-9(7-10)8-12-18-14(20-19-12)13-11(16)5-2-6-17-13/h1-7H,8,16H2. The molecule has 0 saturated carbocycles. The van der Waals surface area contributed by atoms with Crippen molar-refractivity contribution in [2.45, 2.75) is 6.42 Å². The van der Waals surface area contributed by atoms with Crippen molar-refractivity contribution in [1.82, 2.24) is 15.1 Å². The SMILES string of the molecule is Nc1cccnc1-c1nc(Cc2cccc(Br)c2)no1. The van der Waals surface area contributed by atoms with Crippen LogP contribution < -0.4 is 5.73 Å². The highest BCUT2D eigenvalue weighted by molar-refractivity contribution is 9.10. The van der Waals surface area contributed by atoms with Gasteiger partial charge in [0, 0.05) is 17.1 Å². The van der Waals surface area contributed by atoms with Crippen LogP contribution in [-0.4, -0.2) is 15.1 Å². The van der Waals surface area contributed by atoms with Gasteiger partial charge in [0.05, 0.1) is 5.69 Å². The zero-order valence-corrected chi connectivity index (χ0v) is 12.0. The minimum atomic E-state index is 0.341. The third-order valence-corrected chi connectivity index (χ3v) is 3.25. The van der Waals surface area contributed by atoms with Crippen molar-refractivity contribution in [1.29, 1.82) is 0 Å². The van der Waals surface area contributed by atoms with E-state index < -0.39 is 0 Å². The summed E-state index contributed by atoms with van der Waals surface area (Å²) < 4.78 is 6.24. The first kappa shape index (κ1) is 12.8. The van der Waals surface area contributed by atoms with Crippen LogP contribution in [0.5, 0.6) is 0 Å². The summed E-state index contributed by atoms with van der Waals surface area (Å²) in [4.78, 5) is 8.48. The van der Waals surface area contributed by atoms with Gasteiger partial charge in [0.2, 0.25) is 0 Å². The zero-order valence-electron chi connectivity index (χ0n) is 10.5. The molecule has 0 atom stereocenters. The van der Waals surface area contributed by atoms with Gasteiger partial charge >= 0.3 is 0 Å².